The molecular weight excluding hydrogens is 320 g/mol. The molecule has 0 aliphatic heterocycles. The molecule has 0 saturated carbocycles. The second kappa shape index (κ2) is 5.95. The molecule has 7 heteroatoms. The maximum atomic E-state index is 11.8. The standard InChI is InChI=1S/C13H17ClO4S2/c1-13(2,12(15)16)7-8-5-9(14)11(19-3)10(6-8)20(4,17)18/h5-6H,7H2,1-4H3,(H,15,16). The van der Waals surface area contributed by atoms with E-state index >= 15 is 0 Å². The van der Waals surface area contributed by atoms with Gasteiger partial charge < -0.3 is 5.11 Å². The Bertz CT molecular complexity index is 636. The fourth-order valence-corrected chi connectivity index (χ4v) is 4.34. The largest absolute Gasteiger partial charge is 0.481 e. The van der Waals surface area contributed by atoms with Crippen molar-refractivity contribution in [1.29, 1.82) is 0 Å². The zero-order chi connectivity index (χ0) is 15.7. The summed E-state index contributed by atoms with van der Waals surface area (Å²) in [6, 6.07) is 3.14. The van der Waals surface area contributed by atoms with Gasteiger partial charge in [0.1, 0.15) is 0 Å². The van der Waals surface area contributed by atoms with Gasteiger partial charge in [0.15, 0.2) is 9.84 Å². The molecule has 1 aromatic rings. The first-order valence-corrected chi connectivity index (χ1v) is 9.28. The molecule has 1 N–H and O–H groups in total. The van der Waals surface area contributed by atoms with E-state index in [1.165, 1.54) is 17.8 Å². The summed E-state index contributed by atoms with van der Waals surface area (Å²) in [5.74, 6) is -0.941. The zero-order valence-electron chi connectivity index (χ0n) is 11.7. The molecule has 0 aliphatic rings. The molecule has 20 heavy (non-hydrogen) atoms. The molecule has 0 amide bonds. The molecule has 0 saturated heterocycles. The first-order valence-electron chi connectivity index (χ1n) is 5.79. The lowest BCUT2D eigenvalue weighted by atomic mass is 9.86. The number of carboxylic acids is 1. The monoisotopic (exact) mass is 336 g/mol. The third-order valence-corrected chi connectivity index (χ3v) is 5.41. The number of carboxylic acid groups (broad SMARTS) is 1. The maximum absolute atomic E-state index is 11.8. The predicted molar refractivity (Wildman–Crippen MR) is 81.5 cm³/mol. The average Bonchev–Trinajstić information content (AvgIpc) is 2.26. The Balaban J connectivity index is 3.40. The molecule has 0 heterocycles. The van der Waals surface area contributed by atoms with Crippen LogP contribution in [0.2, 0.25) is 5.02 Å². The fraction of sp³-hybridized carbons (Fsp3) is 0.462. The molecular formula is C13H17ClO4S2. The minimum absolute atomic E-state index is 0.147. The van der Waals surface area contributed by atoms with Crippen LogP contribution < -0.4 is 0 Å². The number of halogens is 1. The van der Waals surface area contributed by atoms with Crippen molar-refractivity contribution in [3.05, 3.63) is 22.7 Å². The van der Waals surface area contributed by atoms with Crippen LogP contribution in [0.5, 0.6) is 0 Å². The van der Waals surface area contributed by atoms with Crippen LogP contribution in [0.1, 0.15) is 19.4 Å². The maximum Gasteiger partial charge on any atom is 0.309 e. The van der Waals surface area contributed by atoms with Crippen LogP contribution in [0.25, 0.3) is 0 Å². The summed E-state index contributed by atoms with van der Waals surface area (Å²) < 4.78 is 23.7. The number of rotatable bonds is 5. The lowest BCUT2D eigenvalue weighted by molar-refractivity contribution is -0.146. The quantitative estimate of drug-likeness (QED) is 0.836. The number of thioether (sulfide) groups is 1. The van der Waals surface area contributed by atoms with Crippen molar-refractivity contribution in [3.8, 4) is 0 Å². The molecule has 1 rings (SSSR count). The van der Waals surface area contributed by atoms with E-state index in [9.17, 15) is 13.2 Å². The van der Waals surface area contributed by atoms with Crippen LogP contribution in [-0.2, 0) is 21.1 Å². The summed E-state index contributed by atoms with van der Waals surface area (Å²) in [4.78, 5) is 11.8. The van der Waals surface area contributed by atoms with Crippen molar-refractivity contribution in [3.63, 3.8) is 0 Å². The van der Waals surface area contributed by atoms with Crippen LogP contribution >= 0.6 is 23.4 Å². The van der Waals surface area contributed by atoms with Crippen molar-refractivity contribution in [1.82, 2.24) is 0 Å². The first kappa shape index (κ1) is 17.3. The van der Waals surface area contributed by atoms with E-state index in [0.29, 0.717) is 15.5 Å². The SMILES string of the molecule is CSc1c(Cl)cc(CC(C)(C)C(=O)O)cc1S(C)(=O)=O. The highest BCUT2D eigenvalue weighted by Crippen LogP contribution is 2.35. The lowest BCUT2D eigenvalue weighted by Crippen LogP contribution is -2.26. The van der Waals surface area contributed by atoms with Gasteiger partial charge in [0, 0.05) is 11.2 Å². The Kier molecular flexibility index (Phi) is 5.16. The summed E-state index contributed by atoms with van der Waals surface area (Å²) in [5, 5.41) is 9.48. The van der Waals surface area contributed by atoms with Crippen LogP contribution in [-0.4, -0.2) is 32.0 Å². The highest BCUT2D eigenvalue weighted by Gasteiger charge is 2.28. The third kappa shape index (κ3) is 3.90. The van der Waals surface area contributed by atoms with E-state index < -0.39 is 21.2 Å². The molecule has 0 spiro atoms. The van der Waals surface area contributed by atoms with Crippen molar-refractivity contribution in [2.75, 3.05) is 12.5 Å². The third-order valence-electron chi connectivity index (χ3n) is 2.90. The van der Waals surface area contributed by atoms with Crippen LogP contribution in [0.3, 0.4) is 0 Å². The number of hydrogen-bond acceptors (Lipinski definition) is 4. The Morgan fingerprint density at radius 2 is 1.95 bits per heavy atom. The predicted octanol–water partition coefficient (Wildman–Crippen LogP) is 3.12. The smallest absolute Gasteiger partial charge is 0.309 e. The van der Waals surface area contributed by atoms with Gasteiger partial charge in [-0.2, -0.15) is 0 Å². The van der Waals surface area contributed by atoms with E-state index in [2.05, 4.69) is 0 Å². The molecule has 0 aliphatic carbocycles. The van der Waals surface area contributed by atoms with Crippen molar-refractivity contribution in [2.45, 2.75) is 30.1 Å². The van der Waals surface area contributed by atoms with Gasteiger partial charge in [0.25, 0.3) is 0 Å². The van der Waals surface area contributed by atoms with Gasteiger partial charge >= 0.3 is 5.97 Å². The number of hydrogen-bond donors (Lipinski definition) is 1. The van der Waals surface area contributed by atoms with Gasteiger partial charge in [0.2, 0.25) is 0 Å². The van der Waals surface area contributed by atoms with Crippen molar-refractivity contribution in [2.24, 2.45) is 5.41 Å². The Morgan fingerprint density at radius 3 is 2.35 bits per heavy atom. The van der Waals surface area contributed by atoms with Gasteiger partial charge in [-0.3, -0.25) is 4.79 Å². The molecule has 0 aromatic heterocycles. The Morgan fingerprint density at radius 1 is 1.40 bits per heavy atom. The van der Waals surface area contributed by atoms with Crippen LogP contribution in [0.15, 0.2) is 21.9 Å². The summed E-state index contributed by atoms with van der Waals surface area (Å²) in [7, 11) is -3.42. The Labute approximate surface area is 128 Å². The van der Waals surface area contributed by atoms with Gasteiger partial charge in [-0.15, -0.1) is 11.8 Å². The van der Waals surface area contributed by atoms with Crippen LogP contribution in [0, 0.1) is 5.41 Å². The number of aliphatic carboxylic acids is 1. The second-order valence-electron chi connectivity index (χ2n) is 5.25. The van der Waals surface area contributed by atoms with Crippen molar-refractivity contribution >= 4 is 39.2 Å². The summed E-state index contributed by atoms with van der Waals surface area (Å²) in [5.41, 5.74) is -0.389. The zero-order valence-corrected chi connectivity index (χ0v) is 14.1. The molecule has 0 atom stereocenters. The average molecular weight is 337 g/mol. The van der Waals surface area contributed by atoms with Gasteiger partial charge in [-0.25, -0.2) is 8.42 Å². The van der Waals surface area contributed by atoms with E-state index in [1.807, 2.05) is 0 Å². The van der Waals surface area contributed by atoms with Gasteiger partial charge in [-0.1, -0.05) is 11.6 Å². The number of benzene rings is 1. The Hall–Kier alpha value is -0.720. The molecule has 1 aromatic carbocycles. The summed E-state index contributed by atoms with van der Waals surface area (Å²) in [6.07, 6.45) is 3.07. The lowest BCUT2D eigenvalue weighted by Gasteiger charge is -2.20. The molecule has 0 unspecified atom stereocenters. The minimum Gasteiger partial charge on any atom is -0.481 e. The van der Waals surface area contributed by atoms with Gasteiger partial charge in [-0.05, 0) is 44.2 Å². The summed E-state index contributed by atoms with van der Waals surface area (Å²) in [6.45, 7) is 3.18. The van der Waals surface area contributed by atoms with E-state index in [1.54, 1.807) is 26.2 Å². The highest BCUT2D eigenvalue weighted by molar-refractivity contribution is 7.99. The van der Waals surface area contributed by atoms with E-state index in [-0.39, 0.29) is 11.3 Å². The summed E-state index contributed by atoms with van der Waals surface area (Å²) >= 11 is 7.37. The normalized spacial score (nSPS) is 12.4. The number of carbonyl (C=O) groups is 1. The topological polar surface area (TPSA) is 71.4 Å². The minimum atomic E-state index is -3.42. The van der Waals surface area contributed by atoms with E-state index in [0.717, 1.165) is 6.26 Å². The molecule has 4 nitrogen and oxygen atoms in total. The highest BCUT2D eigenvalue weighted by atomic mass is 35.5. The molecule has 112 valence electrons. The van der Waals surface area contributed by atoms with E-state index in [4.69, 9.17) is 16.7 Å². The molecule has 0 radical (unpaired) electrons. The van der Waals surface area contributed by atoms with Gasteiger partial charge in [0.05, 0.1) is 15.3 Å². The number of sulfone groups is 1. The second-order valence-corrected chi connectivity index (χ2v) is 8.45. The molecule has 0 fully saturated rings. The first-order chi connectivity index (χ1) is 8.99. The van der Waals surface area contributed by atoms with Crippen LogP contribution in [0.4, 0.5) is 0 Å². The fourth-order valence-electron chi connectivity index (χ4n) is 1.78. The van der Waals surface area contributed by atoms with Crippen molar-refractivity contribution < 1.29 is 18.3 Å². The molecule has 0 bridgehead atoms.